The molecule has 7 heteroatoms. The quantitative estimate of drug-likeness (QED) is 0.916. The lowest BCUT2D eigenvalue weighted by Crippen LogP contribution is -2.39. The molecule has 1 aliphatic heterocycles. The van der Waals surface area contributed by atoms with E-state index in [0.717, 1.165) is 6.07 Å². The van der Waals surface area contributed by atoms with E-state index in [4.69, 9.17) is 9.47 Å². The zero-order chi connectivity index (χ0) is 13.9. The van der Waals surface area contributed by atoms with E-state index in [1.54, 1.807) is 7.11 Å². The fourth-order valence-electron chi connectivity index (χ4n) is 1.90. The number of anilines is 1. The molecule has 1 fully saturated rings. The first kappa shape index (κ1) is 14.1. The van der Waals surface area contributed by atoms with Gasteiger partial charge in [0.2, 0.25) is 0 Å². The second-order valence-electron chi connectivity index (χ2n) is 4.45. The molecule has 1 aliphatic rings. The van der Waals surface area contributed by atoms with Gasteiger partial charge in [0, 0.05) is 26.7 Å². The third-order valence-corrected chi connectivity index (χ3v) is 3.13. The summed E-state index contributed by atoms with van der Waals surface area (Å²) in [5, 5.41) is 2.87. The summed E-state index contributed by atoms with van der Waals surface area (Å²) in [5.41, 5.74) is -1.40. The van der Waals surface area contributed by atoms with Crippen molar-refractivity contribution < 1.29 is 22.6 Å². The number of nitrogens with zero attached hydrogens (tertiary/aromatic N) is 1. The van der Waals surface area contributed by atoms with Crippen LogP contribution >= 0.6 is 0 Å². The van der Waals surface area contributed by atoms with Crippen LogP contribution in [0.2, 0.25) is 0 Å². The molecule has 0 radical (unpaired) electrons. The van der Waals surface area contributed by atoms with Crippen molar-refractivity contribution in [2.24, 2.45) is 0 Å². The maximum Gasteiger partial charge on any atom is 0.433 e. The molecule has 0 aromatic carbocycles. The summed E-state index contributed by atoms with van der Waals surface area (Å²) >= 11 is 0. The Balaban J connectivity index is 2.03. The van der Waals surface area contributed by atoms with Crippen molar-refractivity contribution in [2.75, 3.05) is 32.2 Å². The Morgan fingerprint density at radius 2 is 2.26 bits per heavy atom. The molecule has 106 valence electrons. The zero-order valence-electron chi connectivity index (χ0n) is 10.5. The lowest BCUT2D eigenvalue weighted by Gasteiger charge is -2.26. The number of alkyl halides is 3. The lowest BCUT2D eigenvalue weighted by molar-refractivity contribution is -0.141. The van der Waals surface area contributed by atoms with E-state index in [9.17, 15) is 13.2 Å². The standard InChI is InChI=1S/C12H15F3N2O2/c1-18-11(5-6-19-8-11)7-16-10-4-2-3-9(17-10)12(13,14)15/h2-4H,5-8H2,1H3,(H,16,17). The smallest absolute Gasteiger partial charge is 0.378 e. The van der Waals surface area contributed by atoms with Crippen molar-refractivity contribution in [1.29, 1.82) is 0 Å². The number of halogens is 3. The van der Waals surface area contributed by atoms with Gasteiger partial charge in [0.05, 0.1) is 6.61 Å². The van der Waals surface area contributed by atoms with Crippen LogP contribution < -0.4 is 5.32 Å². The Bertz CT molecular complexity index is 431. The van der Waals surface area contributed by atoms with Gasteiger partial charge in [0.15, 0.2) is 0 Å². The summed E-state index contributed by atoms with van der Waals surface area (Å²) in [4.78, 5) is 3.54. The van der Waals surface area contributed by atoms with Gasteiger partial charge in [0.25, 0.3) is 0 Å². The van der Waals surface area contributed by atoms with E-state index in [0.29, 0.717) is 26.2 Å². The molecule has 1 aromatic heterocycles. The first-order valence-electron chi connectivity index (χ1n) is 5.86. The minimum Gasteiger partial charge on any atom is -0.378 e. The number of nitrogens with one attached hydrogen (secondary N) is 1. The number of rotatable bonds is 4. The molecule has 1 saturated heterocycles. The number of ether oxygens (including phenoxy) is 2. The first-order valence-corrected chi connectivity index (χ1v) is 5.86. The van der Waals surface area contributed by atoms with Crippen molar-refractivity contribution in [3.63, 3.8) is 0 Å². The minimum absolute atomic E-state index is 0.179. The Kier molecular flexibility index (Phi) is 3.96. The van der Waals surface area contributed by atoms with Gasteiger partial charge in [-0.05, 0) is 12.1 Å². The fraction of sp³-hybridized carbons (Fsp3) is 0.583. The molecule has 1 atom stereocenters. The molecular weight excluding hydrogens is 261 g/mol. The largest absolute Gasteiger partial charge is 0.433 e. The zero-order valence-corrected chi connectivity index (χ0v) is 10.5. The summed E-state index contributed by atoms with van der Waals surface area (Å²) in [6, 6.07) is 3.76. The highest BCUT2D eigenvalue weighted by Crippen LogP contribution is 2.28. The maximum atomic E-state index is 12.5. The van der Waals surface area contributed by atoms with Crippen molar-refractivity contribution in [2.45, 2.75) is 18.2 Å². The van der Waals surface area contributed by atoms with Gasteiger partial charge in [-0.3, -0.25) is 0 Å². The monoisotopic (exact) mass is 276 g/mol. The van der Waals surface area contributed by atoms with Gasteiger partial charge >= 0.3 is 6.18 Å². The van der Waals surface area contributed by atoms with E-state index in [1.165, 1.54) is 12.1 Å². The van der Waals surface area contributed by atoms with Gasteiger partial charge in [-0.2, -0.15) is 13.2 Å². The van der Waals surface area contributed by atoms with Crippen molar-refractivity contribution >= 4 is 5.82 Å². The fourth-order valence-corrected chi connectivity index (χ4v) is 1.90. The molecule has 1 unspecified atom stereocenters. The molecule has 0 aliphatic carbocycles. The van der Waals surface area contributed by atoms with Crippen LogP contribution in [-0.4, -0.2) is 37.5 Å². The molecule has 1 N–H and O–H groups in total. The molecule has 2 rings (SSSR count). The van der Waals surface area contributed by atoms with Crippen LogP contribution in [-0.2, 0) is 15.7 Å². The second-order valence-corrected chi connectivity index (χ2v) is 4.45. The highest BCUT2D eigenvalue weighted by Gasteiger charge is 2.35. The van der Waals surface area contributed by atoms with E-state index in [-0.39, 0.29) is 5.82 Å². The van der Waals surface area contributed by atoms with Gasteiger partial charge in [-0.25, -0.2) is 4.98 Å². The van der Waals surface area contributed by atoms with Crippen molar-refractivity contribution in [3.05, 3.63) is 23.9 Å². The molecule has 0 bridgehead atoms. The third kappa shape index (κ3) is 3.36. The summed E-state index contributed by atoms with van der Waals surface area (Å²) < 4.78 is 48.2. The van der Waals surface area contributed by atoms with Gasteiger partial charge in [0.1, 0.15) is 17.1 Å². The molecule has 0 spiro atoms. The summed E-state index contributed by atoms with van der Waals surface area (Å²) in [6.07, 6.45) is -3.73. The van der Waals surface area contributed by atoms with Crippen molar-refractivity contribution in [1.82, 2.24) is 4.98 Å². The van der Waals surface area contributed by atoms with Gasteiger partial charge in [-0.1, -0.05) is 6.07 Å². The molecule has 19 heavy (non-hydrogen) atoms. The lowest BCUT2D eigenvalue weighted by atomic mass is 10.0. The SMILES string of the molecule is COC1(CNc2cccc(C(F)(F)F)n2)CCOC1. The summed E-state index contributed by atoms with van der Waals surface area (Å²) in [6.45, 7) is 1.37. The van der Waals surface area contributed by atoms with Crippen LogP contribution in [0.25, 0.3) is 0 Å². The Hall–Kier alpha value is -1.34. The highest BCUT2D eigenvalue weighted by atomic mass is 19.4. The van der Waals surface area contributed by atoms with E-state index in [2.05, 4.69) is 10.3 Å². The van der Waals surface area contributed by atoms with E-state index >= 15 is 0 Å². The Labute approximate surface area is 108 Å². The third-order valence-electron chi connectivity index (χ3n) is 3.13. The summed E-state index contributed by atoms with van der Waals surface area (Å²) in [7, 11) is 1.57. The number of methoxy groups -OCH3 is 1. The van der Waals surface area contributed by atoms with Gasteiger partial charge < -0.3 is 14.8 Å². The number of hydrogen-bond donors (Lipinski definition) is 1. The van der Waals surface area contributed by atoms with Crippen LogP contribution in [0.1, 0.15) is 12.1 Å². The Morgan fingerprint density at radius 3 is 2.84 bits per heavy atom. The molecular formula is C12H15F3N2O2. The van der Waals surface area contributed by atoms with E-state index in [1.807, 2.05) is 0 Å². The average Bonchev–Trinajstić information content (AvgIpc) is 2.85. The van der Waals surface area contributed by atoms with Crippen LogP contribution in [0.15, 0.2) is 18.2 Å². The van der Waals surface area contributed by atoms with E-state index < -0.39 is 17.5 Å². The van der Waals surface area contributed by atoms with Gasteiger partial charge in [-0.15, -0.1) is 0 Å². The van der Waals surface area contributed by atoms with Crippen molar-refractivity contribution in [3.8, 4) is 0 Å². The van der Waals surface area contributed by atoms with Crippen LogP contribution in [0.3, 0.4) is 0 Å². The summed E-state index contributed by atoms with van der Waals surface area (Å²) in [5.74, 6) is 0.179. The molecule has 4 nitrogen and oxygen atoms in total. The number of pyridine rings is 1. The second kappa shape index (κ2) is 5.34. The molecule has 0 saturated carbocycles. The predicted molar refractivity (Wildman–Crippen MR) is 62.9 cm³/mol. The maximum absolute atomic E-state index is 12.5. The van der Waals surface area contributed by atoms with Crippen LogP contribution in [0, 0.1) is 0 Å². The Morgan fingerprint density at radius 1 is 1.47 bits per heavy atom. The number of aromatic nitrogens is 1. The molecule has 1 aromatic rings. The van der Waals surface area contributed by atoms with Crippen LogP contribution in [0.5, 0.6) is 0 Å². The average molecular weight is 276 g/mol. The first-order chi connectivity index (χ1) is 8.95. The molecule has 0 amide bonds. The molecule has 2 heterocycles. The predicted octanol–water partition coefficient (Wildman–Crippen LogP) is 2.32. The topological polar surface area (TPSA) is 43.4 Å². The highest BCUT2D eigenvalue weighted by molar-refractivity contribution is 5.36. The minimum atomic E-state index is -4.44. The normalized spacial score (nSPS) is 23.6. The number of hydrogen-bond acceptors (Lipinski definition) is 4. The van der Waals surface area contributed by atoms with Crippen LogP contribution in [0.4, 0.5) is 19.0 Å².